The summed E-state index contributed by atoms with van der Waals surface area (Å²) in [6, 6.07) is 9.10. The zero-order chi connectivity index (χ0) is 24.7. The number of amides is 1. The highest BCUT2D eigenvalue weighted by molar-refractivity contribution is 6.00. The summed E-state index contributed by atoms with van der Waals surface area (Å²) in [5, 5.41) is 6.68. The number of unbranched alkanes of at least 4 members (excludes halogenated alkanes) is 1. The van der Waals surface area contributed by atoms with Crippen molar-refractivity contribution in [2.75, 3.05) is 23.8 Å². The molecule has 0 aliphatic heterocycles. The van der Waals surface area contributed by atoms with Crippen LogP contribution in [0, 0.1) is 0 Å². The molecule has 11 nitrogen and oxygen atoms in total. The van der Waals surface area contributed by atoms with Crippen LogP contribution in [0.1, 0.15) is 43.5 Å². The lowest BCUT2D eigenvalue weighted by molar-refractivity contribution is -0.121. The van der Waals surface area contributed by atoms with E-state index in [1.165, 1.54) is 15.7 Å². The number of aromatic amines is 2. The van der Waals surface area contributed by atoms with Gasteiger partial charge in [0, 0.05) is 18.7 Å². The maximum absolute atomic E-state index is 13.1. The molecule has 0 atom stereocenters. The third kappa shape index (κ3) is 5.25. The van der Waals surface area contributed by atoms with E-state index in [4.69, 9.17) is 10.5 Å². The van der Waals surface area contributed by atoms with Gasteiger partial charge >= 0.3 is 11.7 Å². The highest BCUT2D eigenvalue weighted by Gasteiger charge is 2.25. The first kappa shape index (κ1) is 24.5. The average molecular weight is 469 g/mol. The molecule has 2 heterocycles. The van der Waals surface area contributed by atoms with Crippen LogP contribution in [0.15, 0.2) is 46.1 Å². The predicted molar refractivity (Wildman–Crippen MR) is 128 cm³/mol. The number of carbonyl (C=O) groups is 2. The van der Waals surface area contributed by atoms with Gasteiger partial charge in [-0.15, -0.1) is 0 Å². The number of hydrogen-bond donors (Lipinski definition) is 3. The molecule has 0 fully saturated rings. The normalized spacial score (nSPS) is 10.8. The third-order valence-electron chi connectivity index (χ3n) is 5.22. The minimum atomic E-state index is -0.771. The maximum atomic E-state index is 13.1. The number of hydrogen-bond acceptors (Lipinski definition) is 7. The van der Waals surface area contributed by atoms with E-state index in [1.807, 2.05) is 44.2 Å². The van der Waals surface area contributed by atoms with E-state index in [-0.39, 0.29) is 30.2 Å². The second-order valence-corrected chi connectivity index (χ2v) is 7.64. The number of rotatable bonds is 10. The van der Waals surface area contributed by atoms with Crippen LogP contribution in [0.3, 0.4) is 0 Å². The van der Waals surface area contributed by atoms with Crippen molar-refractivity contribution in [2.24, 2.45) is 0 Å². The van der Waals surface area contributed by atoms with Crippen molar-refractivity contribution >= 4 is 23.4 Å². The van der Waals surface area contributed by atoms with Gasteiger partial charge in [-0.2, -0.15) is 5.10 Å². The SMILES string of the molecule is CCCCN(C(=O)COC(=O)c1cn[nH]c1-c1ccccc1)c1c(N)n(CCC)c(=O)[nH]c1=O. The first-order valence-electron chi connectivity index (χ1n) is 11.1. The summed E-state index contributed by atoms with van der Waals surface area (Å²) in [4.78, 5) is 53.9. The number of benzene rings is 1. The molecule has 2 aromatic heterocycles. The van der Waals surface area contributed by atoms with Gasteiger partial charge in [0.25, 0.3) is 11.5 Å². The lowest BCUT2D eigenvalue weighted by atomic mass is 10.1. The van der Waals surface area contributed by atoms with Crippen LogP contribution in [0.2, 0.25) is 0 Å². The molecule has 1 amide bonds. The number of carbonyl (C=O) groups excluding carboxylic acids is 2. The topological polar surface area (TPSA) is 156 Å². The van der Waals surface area contributed by atoms with Crippen LogP contribution in [0.4, 0.5) is 11.5 Å². The fourth-order valence-corrected chi connectivity index (χ4v) is 3.51. The fraction of sp³-hybridized carbons (Fsp3) is 0.348. The van der Waals surface area contributed by atoms with Gasteiger partial charge in [0.2, 0.25) is 0 Å². The molecule has 34 heavy (non-hydrogen) atoms. The van der Waals surface area contributed by atoms with Crippen molar-refractivity contribution in [2.45, 2.75) is 39.7 Å². The quantitative estimate of drug-likeness (QED) is 0.384. The Kier molecular flexibility index (Phi) is 8.01. The molecule has 0 radical (unpaired) electrons. The van der Waals surface area contributed by atoms with Gasteiger partial charge in [0.1, 0.15) is 11.4 Å². The summed E-state index contributed by atoms with van der Waals surface area (Å²) >= 11 is 0. The molecule has 3 aromatic rings. The minimum Gasteiger partial charge on any atom is -0.452 e. The number of H-pyrrole nitrogens is 2. The Bertz CT molecular complexity index is 1260. The molecule has 0 aliphatic carbocycles. The van der Waals surface area contributed by atoms with Gasteiger partial charge in [-0.25, -0.2) is 9.59 Å². The van der Waals surface area contributed by atoms with Crippen LogP contribution >= 0.6 is 0 Å². The number of anilines is 2. The van der Waals surface area contributed by atoms with Crippen LogP contribution < -0.4 is 21.9 Å². The minimum absolute atomic E-state index is 0.104. The van der Waals surface area contributed by atoms with E-state index in [0.717, 1.165) is 12.0 Å². The predicted octanol–water partition coefficient (Wildman–Crippen LogP) is 1.91. The lowest BCUT2D eigenvalue weighted by Gasteiger charge is -2.24. The Labute approximate surface area is 195 Å². The monoisotopic (exact) mass is 468 g/mol. The summed E-state index contributed by atoms with van der Waals surface area (Å²) < 4.78 is 6.48. The largest absolute Gasteiger partial charge is 0.452 e. The third-order valence-corrected chi connectivity index (χ3v) is 5.22. The number of nitrogens with two attached hydrogens (primary N) is 1. The molecule has 0 saturated carbocycles. The Morgan fingerprint density at radius 2 is 1.88 bits per heavy atom. The Hall–Kier alpha value is -4.15. The number of aromatic nitrogens is 4. The van der Waals surface area contributed by atoms with E-state index in [1.54, 1.807) is 0 Å². The van der Waals surface area contributed by atoms with Crippen molar-refractivity contribution in [3.63, 3.8) is 0 Å². The number of nitrogens with one attached hydrogen (secondary N) is 2. The first-order chi connectivity index (χ1) is 16.4. The maximum Gasteiger partial charge on any atom is 0.342 e. The van der Waals surface area contributed by atoms with E-state index in [0.29, 0.717) is 18.5 Å². The van der Waals surface area contributed by atoms with Crippen molar-refractivity contribution in [3.05, 3.63) is 62.9 Å². The van der Waals surface area contributed by atoms with Gasteiger partial charge in [0.05, 0.1) is 11.9 Å². The highest BCUT2D eigenvalue weighted by Crippen LogP contribution is 2.22. The van der Waals surface area contributed by atoms with Gasteiger partial charge in [0.15, 0.2) is 12.3 Å². The molecule has 180 valence electrons. The Balaban J connectivity index is 1.84. The highest BCUT2D eigenvalue weighted by atomic mass is 16.5. The van der Waals surface area contributed by atoms with Crippen LogP contribution in [-0.2, 0) is 16.1 Å². The lowest BCUT2D eigenvalue weighted by Crippen LogP contribution is -2.43. The summed E-state index contributed by atoms with van der Waals surface area (Å²) in [6.07, 6.45) is 3.24. The molecule has 11 heteroatoms. The van der Waals surface area contributed by atoms with E-state index in [9.17, 15) is 19.2 Å². The van der Waals surface area contributed by atoms with Gasteiger partial charge in [-0.3, -0.25) is 24.2 Å². The number of esters is 1. The average Bonchev–Trinajstić information content (AvgIpc) is 3.32. The summed E-state index contributed by atoms with van der Waals surface area (Å²) in [5.41, 5.74) is 5.96. The summed E-state index contributed by atoms with van der Waals surface area (Å²) in [5.74, 6) is -1.48. The molecule has 0 aliphatic rings. The molecule has 0 spiro atoms. The van der Waals surface area contributed by atoms with Crippen LogP contribution in [0.5, 0.6) is 0 Å². The van der Waals surface area contributed by atoms with Crippen LogP contribution in [-0.4, -0.2) is 44.8 Å². The number of nitrogens with zero attached hydrogens (tertiary/aromatic N) is 3. The van der Waals surface area contributed by atoms with Crippen molar-refractivity contribution in [1.29, 1.82) is 0 Å². The molecular weight excluding hydrogens is 440 g/mol. The molecule has 0 unspecified atom stereocenters. The molecule has 3 rings (SSSR count). The second-order valence-electron chi connectivity index (χ2n) is 7.64. The van der Waals surface area contributed by atoms with Crippen molar-refractivity contribution < 1.29 is 14.3 Å². The second kappa shape index (κ2) is 11.1. The standard InChI is InChI=1S/C23H28N6O5/c1-3-5-12-28(19-20(24)29(11-4-2)23(33)26-21(19)31)17(30)14-34-22(32)16-13-25-27-18(16)15-9-7-6-8-10-15/h6-10,13H,3-5,11-12,14,24H2,1-2H3,(H,25,27)(H,26,31,33). The summed E-state index contributed by atoms with van der Waals surface area (Å²) in [7, 11) is 0. The van der Waals surface area contributed by atoms with Gasteiger partial charge in [-0.1, -0.05) is 50.6 Å². The fourth-order valence-electron chi connectivity index (χ4n) is 3.51. The summed E-state index contributed by atoms with van der Waals surface area (Å²) in [6.45, 7) is 3.62. The number of ether oxygens (including phenoxy) is 1. The van der Waals surface area contributed by atoms with E-state index < -0.39 is 29.7 Å². The van der Waals surface area contributed by atoms with E-state index >= 15 is 0 Å². The first-order valence-corrected chi connectivity index (χ1v) is 11.1. The van der Waals surface area contributed by atoms with E-state index in [2.05, 4.69) is 15.2 Å². The smallest absolute Gasteiger partial charge is 0.342 e. The Morgan fingerprint density at radius 3 is 2.56 bits per heavy atom. The van der Waals surface area contributed by atoms with Gasteiger partial charge < -0.3 is 15.4 Å². The number of nitrogen functional groups attached to an aromatic ring is 1. The van der Waals surface area contributed by atoms with Gasteiger partial charge in [-0.05, 0) is 12.8 Å². The van der Waals surface area contributed by atoms with Crippen molar-refractivity contribution in [3.8, 4) is 11.3 Å². The molecular formula is C23H28N6O5. The zero-order valence-electron chi connectivity index (χ0n) is 19.2. The molecule has 0 saturated heterocycles. The molecule has 4 N–H and O–H groups in total. The zero-order valence-corrected chi connectivity index (χ0v) is 19.2. The van der Waals surface area contributed by atoms with Crippen molar-refractivity contribution in [1.82, 2.24) is 19.7 Å². The Morgan fingerprint density at radius 1 is 1.15 bits per heavy atom. The molecule has 1 aromatic carbocycles. The van der Waals surface area contributed by atoms with Crippen LogP contribution in [0.25, 0.3) is 11.3 Å². The molecule has 0 bridgehead atoms.